The van der Waals surface area contributed by atoms with Crippen molar-refractivity contribution in [2.45, 2.75) is 20.3 Å². The van der Waals surface area contributed by atoms with Crippen LogP contribution in [0.1, 0.15) is 17.5 Å². The molecular weight excluding hydrogens is 316 g/mol. The quantitative estimate of drug-likeness (QED) is 0.798. The molecule has 0 saturated heterocycles. The first-order valence-corrected chi connectivity index (χ1v) is 7.50. The van der Waals surface area contributed by atoms with E-state index in [-0.39, 0.29) is 0 Å². The van der Waals surface area contributed by atoms with Gasteiger partial charge in [-0.1, -0.05) is 12.1 Å². The van der Waals surface area contributed by atoms with E-state index in [1.807, 2.05) is 18.2 Å². The third-order valence-corrected chi connectivity index (χ3v) is 3.50. The fraction of sp³-hybridized carbons (Fsp3) is 0.312. The summed E-state index contributed by atoms with van der Waals surface area (Å²) in [6, 6.07) is 10.0. The first kappa shape index (κ1) is 14.9. The summed E-state index contributed by atoms with van der Waals surface area (Å²) in [5.41, 5.74) is 2.40. The number of hydrogen-bond donors (Lipinski definition) is 1. The van der Waals surface area contributed by atoms with Gasteiger partial charge in [0.15, 0.2) is 0 Å². The molecule has 0 aliphatic rings. The molecule has 106 valence electrons. The number of rotatable bonds is 6. The minimum Gasteiger partial charge on any atom is -0.492 e. The van der Waals surface area contributed by atoms with E-state index in [1.165, 1.54) is 5.56 Å². The molecule has 0 saturated carbocycles. The standard InChI is InChI=1S/C16H19BrN2O/c1-12-10-13(2)16(14(17)11-12)20-9-5-8-19-15-6-3-4-7-18-15/h3-4,6-7,10-11H,5,8-9H2,1-2H3,(H,18,19). The van der Waals surface area contributed by atoms with Crippen LogP contribution < -0.4 is 10.1 Å². The normalized spacial score (nSPS) is 10.3. The molecule has 4 heteroatoms. The Labute approximate surface area is 128 Å². The van der Waals surface area contributed by atoms with Crippen molar-refractivity contribution in [1.29, 1.82) is 0 Å². The first-order chi connectivity index (χ1) is 9.66. The lowest BCUT2D eigenvalue weighted by Crippen LogP contribution is -2.08. The summed E-state index contributed by atoms with van der Waals surface area (Å²) in [5, 5.41) is 3.27. The van der Waals surface area contributed by atoms with Crippen LogP contribution in [0.4, 0.5) is 5.82 Å². The van der Waals surface area contributed by atoms with E-state index in [0.717, 1.165) is 34.6 Å². The summed E-state index contributed by atoms with van der Waals surface area (Å²) in [5.74, 6) is 1.84. The fourth-order valence-corrected chi connectivity index (χ4v) is 2.80. The van der Waals surface area contributed by atoms with Crippen molar-refractivity contribution in [2.24, 2.45) is 0 Å². The molecule has 1 heterocycles. The van der Waals surface area contributed by atoms with Crippen molar-refractivity contribution in [3.8, 4) is 5.75 Å². The Morgan fingerprint density at radius 1 is 1.25 bits per heavy atom. The number of anilines is 1. The maximum absolute atomic E-state index is 5.85. The van der Waals surface area contributed by atoms with Gasteiger partial charge in [-0.05, 0) is 65.5 Å². The molecule has 20 heavy (non-hydrogen) atoms. The highest BCUT2D eigenvalue weighted by Gasteiger charge is 2.05. The first-order valence-electron chi connectivity index (χ1n) is 6.71. The van der Waals surface area contributed by atoms with Crippen LogP contribution in [-0.4, -0.2) is 18.1 Å². The third-order valence-electron chi connectivity index (χ3n) is 2.91. The van der Waals surface area contributed by atoms with Gasteiger partial charge in [0.25, 0.3) is 0 Å². The molecule has 1 aromatic carbocycles. The van der Waals surface area contributed by atoms with Crippen LogP contribution in [0.25, 0.3) is 0 Å². The molecule has 0 unspecified atom stereocenters. The van der Waals surface area contributed by atoms with Gasteiger partial charge in [-0.15, -0.1) is 0 Å². The maximum atomic E-state index is 5.85. The van der Waals surface area contributed by atoms with E-state index >= 15 is 0 Å². The van der Waals surface area contributed by atoms with E-state index in [9.17, 15) is 0 Å². The predicted octanol–water partition coefficient (Wildman–Crippen LogP) is 4.34. The van der Waals surface area contributed by atoms with Gasteiger partial charge in [-0.25, -0.2) is 4.98 Å². The molecule has 0 aliphatic carbocycles. The summed E-state index contributed by atoms with van der Waals surface area (Å²) in [6.45, 7) is 5.68. The number of nitrogens with one attached hydrogen (secondary N) is 1. The molecule has 2 rings (SSSR count). The Bertz CT molecular complexity index is 535. The Morgan fingerprint density at radius 3 is 2.80 bits per heavy atom. The fourth-order valence-electron chi connectivity index (χ4n) is 2.02. The minimum atomic E-state index is 0.683. The van der Waals surface area contributed by atoms with E-state index in [1.54, 1.807) is 6.20 Å². The van der Waals surface area contributed by atoms with Crippen molar-refractivity contribution in [1.82, 2.24) is 4.98 Å². The second kappa shape index (κ2) is 7.29. The zero-order chi connectivity index (χ0) is 14.4. The number of aromatic nitrogens is 1. The van der Waals surface area contributed by atoms with Crippen LogP contribution in [0, 0.1) is 13.8 Å². The Hall–Kier alpha value is -1.55. The van der Waals surface area contributed by atoms with Gasteiger partial charge in [0, 0.05) is 12.7 Å². The van der Waals surface area contributed by atoms with Gasteiger partial charge in [-0.3, -0.25) is 0 Å². The van der Waals surface area contributed by atoms with Crippen LogP contribution in [0.3, 0.4) is 0 Å². The topological polar surface area (TPSA) is 34.1 Å². The molecule has 0 amide bonds. The molecule has 0 radical (unpaired) electrons. The Kier molecular flexibility index (Phi) is 5.41. The van der Waals surface area contributed by atoms with E-state index in [0.29, 0.717) is 6.61 Å². The number of aryl methyl sites for hydroxylation is 2. The summed E-state index contributed by atoms with van der Waals surface area (Å²) in [7, 11) is 0. The van der Waals surface area contributed by atoms with E-state index in [2.05, 4.69) is 52.2 Å². The van der Waals surface area contributed by atoms with E-state index in [4.69, 9.17) is 4.74 Å². The van der Waals surface area contributed by atoms with Crippen LogP contribution in [-0.2, 0) is 0 Å². The molecule has 3 nitrogen and oxygen atoms in total. The second-order valence-corrected chi connectivity index (χ2v) is 5.59. The molecule has 0 bridgehead atoms. The largest absolute Gasteiger partial charge is 0.492 e. The number of ether oxygens (including phenoxy) is 1. The van der Waals surface area contributed by atoms with Crippen molar-refractivity contribution in [2.75, 3.05) is 18.5 Å². The lowest BCUT2D eigenvalue weighted by molar-refractivity contribution is 0.311. The molecule has 1 aromatic heterocycles. The highest BCUT2D eigenvalue weighted by molar-refractivity contribution is 9.10. The molecule has 0 fully saturated rings. The van der Waals surface area contributed by atoms with Gasteiger partial charge in [-0.2, -0.15) is 0 Å². The molecule has 1 N–H and O–H groups in total. The predicted molar refractivity (Wildman–Crippen MR) is 86.5 cm³/mol. The number of hydrogen-bond acceptors (Lipinski definition) is 3. The minimum absolute atomic E-state index is 0.683. The zero-order valence-electron chi connectivity index (χ0n) is 11.8. The Balaban J connectivity index is 1.76. The average molecular weight is 335 g/mol. The molecule has 2 aromatic rings. The lowest BCUT2D eigenvalue weighted by atomic mass is 10.1. The summed E-state index contributed by atoms with van der Waals surface area (Å²) in [6.07, 6.45) is 2.71. The van der Waals surface area contributed by atoms with Crippen molar-refractivity contribution in [3.63, 3.8) is 0 Å². The Morgan fingerprint density at radius 2 is 2.10 bits per heavy atom. The van der Waals surface area contributed by atoms with Gasteiger partial charge in [0.2, 0.25) is 0 Å². The van der Waals surface area contributed by atoms with Crippen LogP contribution in [0.2, 0.25) is 0 Å². The van der Waals surface area contributed by atoms with Crippen LogP contribution in [0.15, 0.2) is 41.0 Å². The highest BCUT2D eigenvalue weighted by atomic mass is 79.9. The van der Waals surface area contributed by atoms with Crippen LogP contribution >= 0.6 is 15.9 Å². The maximum Gasteiger partial charge on any atom is 0.136 e. The summed E-state index contributed by atoms with van der Waals surface area (Å²) < 4.78 is 6.87. The van der Waals surface area contributed by atoms with Gasteiger partial charge in [0.05, 0.1) is 11.1 Å². The molecule has 0 spiro atoms. The third kappa shape index (κ3) is 4.23. The number of nitrogens with zero attached hydrogens (tertiary/aromatic N) is 1. The van der Waals surface area contributed by atoms with Gasteiger partial charge in [0.1, 0.15) is 11.6 Å². The van der Waals surface area contributed by atoms with Crippen molar-refractivity contribution >= 4 is 21.7 Å². The second-order valence-electron chi connectivity index (χ2n) is 4.74. The smallest absolute Gasteiger partial charge is 0.136 e. The van der Waals surface area contributed by atoms with Gasteiger partial charge < -0.3 is 10.1 Å². The highest BCUT2D eigenvalue weighted by Crippen LogP contribution is 2.30. The van der Waals surface area contributed by atoms with Crippen molar-refractivity contribution in [3.05, 3.63) is 52.1 Å². The van der Waals surface area contributed by atoms with Gasteiger partial charge >= 0.3 is 0 Å². The average Bonchev–Trinajstić information content (AvgIpc) is 2.42. The SMILES string of the molecule is Cc1cc(C)c(OCCCNc2ccccn2)c(Br)c1. The van der Waals surface area contributed by atoms with E-state index < -0.39 is 0 Å². The zero-order valence-corrected chi connectivity index (χ0v) is 13.4. The summed E-state index contributed by atoms with van der Waals surface area (Å²) >= 11 is 3.55. The molecule has 0 atom stereocenters. The molecule has 0 aliphatic heterocycles. The number of pyridine rings is 1. The van der Waals surface area contributed by atoms with Crippen LogP contribution in [0.5, 0.6) is 5.75 Å². The lowest BCUT2D eigenvalue weighted by Gasteiger charge is -2.12. The molecular formula is C16H19BrN2O. The monoisotopic (exact) mass is 334 g/mol. The summed E-state index contributed by atoms with van der Waals surface area (Å²) in [4.78, 5) is 4.21. The number of benzene rings is 1. The number of halogens is 1. The van der Waals surface area contributed by atoms with Crippen molar-refractivity contribution < 1.29 is 4.74 Å².